The van der Waals surface area contributed by atoms with Gasteiger partial charge in [0.25, 0.3) is 0 Å². The molecule has 0 radical (unpaired) electrons. The summed E-state index contributed by atoms with van der Waals surface area (Å²) in [5.74, 6) is 1.85. The zero-order valence-electron chi connectivity index (χ0n) is 15.9. The maximum Gasteiger partial charge on any atom is 0.0431 e. The van der Waals surface area contributed by atoms with Crippen LogP contribution >= 0.6 is 0 Å². The topological polar surface area (TPSA) is 20.2 Å². The van der Waals surface area contributed by atoms with Crippen molar-refractivity contribution in [3.05, 3.63) is 0 Å². The van der Waals surface area contributed by atoms with E-state index in [9.17, 15) is 0 Å². The fraction of sp³-hybridized carbons (Fsp3) is 1.00. The van der Waals surface area contributed by atoms with Crippen LogP contribution in [0.2, 0.25) is 0 Å². The summed E-state index contributed by atoms with van der Waals surface area (Å²) in [6.07, 6.45) is 20.7. The molecule has 1 heteroatoms. The monoisotopic (exact) mass is 312 g/mol. The van der Waals surface area contributed by atoms with Gasteiger partial charge in [-0.05, 0) is 24.7 Å². The van der Waals surface area contributed by atoms with E-state index in [0.29, 0.717) is 6.61 Å². The molecule has 1 unspecified atom stereocenters. The number of hydrogen-bond donors (Lipinski definition) is 1. The Hall–Kier alpha value is -0.0400. The molecule has 0 aromatic rings. The Morgan fingerprint density at radius 2 is 1.05 bits per heavy atom. The zero-order chi connectivity index (χ0) is 16.5. The molecule has 0 aromatic carbocycles. The summed E-state index contributed by atoms with van der Waals surface area (Å²) < 4.78 is 0. The maximum absolute atomic E-state index is 8.71. The summed E-state index contributed by atoms with van der Waals surface area (Å²) in [7, 11) is 0. The second-order valence-electron chi connectivity index (χ2n) is 7.66. The van der Waals surface area contributed by atoms with E-state index in [1.54, 1.807) is 0 Å². The molecule has 0 rings (SSSR count). The summed E-state index contributed by atoms with van der Waals surface area (Å²) in [6, 6.07) is 0. The molecule has 0 spiro atoms. The second-order valence-corrected chi connectivity index (χ2v) is 7.66. The number of aliphatic hydroxyl groups excluding tert-OH is 1. The molecule has 1 N–H and O–H groups in total. The van der Waals surface area contributed by atoms with Gasteiger partial charge in [0.1, 0.15) is 0 Å². The van der Waals surface area contributed by atoms with Crippen LogP contribution in [0.4, 0.5) is 0 Å². The molecule has 134 valence electrons. The molecule has 0 bridgehead atoms. The Morgan fingerprint density at radius 3 is 1.41 bits per heavy atom. The Bertz CT molecular complexity index is 200. The van der Waals surface area contributed by atoms with Crippen LogP contribution in [0.5, 0.6) is 0 Å². The van der Waals surface area contributed by atoms with Crippen LogP contribution in [0.15, 0.2) is 0 Å². The SMILES string of the molecule is CCC(CCCCCCCCCCCCCCO)CC(C)C. The molecule has 0 amide bonds. The number of aliphatic hydroxyl groups is 1. The van der Waals surface area contributed by atoms with E-state index in [1.165, 1.54) is 89.9 Å². The highest BCUT2D eigenvalue weighted by Crippen LogP contribution is 2.22. The van der Waals surface area contributed by atoms with Crippen LogP contribution < -0.4 is 0 Å². The average Bonchev–Trinajstić information content (AvgIpc) is 2.50. The number of hydrogen-bond acceptors (Lipinski definition) is 1. The van der Waals surface area contributed by atoms with Gasteiger partial charge in [0.15, 0.2) is 0 Å². The summed E-state index contributed by atoms with van der Waals surface area (Å²) in [6.45, 7) is 7.44. The lowest BCUT2D eigenvalue weighted by molar-refractivity contribution is 0.282. The molecule has 0 aromatic heterocycles. The molecule has 0 fully saturated rings. The quantitative estimate of drug-likeness (QED) is 0.283. The first-order valence-corrected chi connectivity index (χ1v) is 10.3. The fourth-order valence-electron chi connectivity index (χ4n) is 3.47. The minimum atomic E-state index is 0.372. The van der Waals surface area contributed by atoms with E-state index in [2.05, 4.69) is 20.8 Å². The first-order chi connectivity index (χ1) is 10.7. The molecule has 0 aliphatic rings. The molecule has 0 saturated heterocycles. The lowest BCUT2D eigenvalue weighted by Crippen LogP contribution is -2.03. The van der Waals surface area contributed by atoms with Crippen molar-refractivity contribution in [2.75, 3.05) is 6.61 Å². The highest BCUT2D eigenvalue weighted by molar-refractivity contribution is 4.60. The van der Waals surface area contributed by atoms with Crippen LogP contribution in [-0.4, -0.2) is 11.7 Å². The first-order valence-electron chi connectivity index (χ1n) is 10.3. The van der Waals surface area contributed by atoms with Gasteiger partial charge in [0, 0.05) is 6.61 Å². The third-order valence-corrected chi connectivity index (χ3v) is 4.90. The van der Waals surface area contributed by atoms with E-state index in [1.807, 2.05) is 0 Å². The third-order valence-electron chi connectivity index (χ3n) is 4.90. The average molecular weight is 313 g/mol. The van der Waals surface area contributed by atoms with Gasteiger partial charge >= 0.3 is 0 Å². The van der Waals surface area contributed by atoms with Crippen molar-refractivity contribution in [3.8, 4) is 0 Å². The first kappa shape index (κ1) is 22.0. The fourth-order valence-corrected chi connectivity index (χ4v) is 3.47. The Kier molecular flexibility index (Phi) is 17.3. The van der Waals surface area contributed by atoms with Gasteiger partial charge in [-0.15, -0.1) is 0 Å². The Morgan fingerprint density at radius 1 is 0.636 bits per heavy atom. The zero-order valence-corrected chi connectivity index (χ0v) is 15.9. The van der Waals surface area contributed by atoms with Crippen molar-refractivity contribution in [3.63, 3.8) is 0 Å². The van der Waals surface area contributed by atoms with Crippen molar-refractivity contribution in [2.45, 2.75) is 117 Å². The molecule has 1 nitrogen and oxygen atoms in total. The molecule has 0 saturated carbocycles. The standard InChI is InChI=1S/C21H44O/c1-4-21(19-20(2)3)17-15-13-11-9-7-5-6-8-10-12-14-16-18-22/h20-22H,4-19H2,1-3H3. The normalized spacial score (nSPS) is 13.0. The van der Waals surface area contributed by atoms with Crippen LogP contribution in [0.3, 0.4) is 0 Å². The highest BCUT2D eigenvalue weighted by Gasteiger charge is 2.07. The highest BCUT2D eigenvalue weighted by atomic mass is 16.2. The van der Waals surface area contributed by atoms with Gasteiger partial charge in [-0.25, -0.2) is 0 Å². The predicted octanol–water partition coefficient (Wildman–Crippen LogP) is 7.12. The minimum Gasteiger partial charge on any atom is -0.396 e. The molecule has 22 heavy (non-hydrogen) atoms. The van der Waals surface area contributed by atoms with E-state index >= 15 is 0 Å². The van der Waals surface area contributed by atoms with Crippen LogP contribution in [0.1, 0.15) is 117 Å². The summed E-state index contributed by atoms with van der Waals surface area (Å²) >= 11 is 0. The maximum atomic E-state index is 8.71. The van der Waals surface area contributed by atoms with Crippen molar-refractivity contribution in [1.82, 2.24) is 0 Å². The van der Waals surface area contributed by atoms with Crippen LogP contribution in [0.25, 0.3) is 0 Å². The van der Waals surface area contributed by atoms with Crippen molar-refractivity contribution in [2.24, 2.45) is 11.8 Å². The lowest BCUT2D eigenvalue weighted by atomic mass is 9.90. The molecule has 1 atom stereocenters. The summed E-state index contributed by atoms with van der Waals surface area (Å²) in [5.41, 5.74) is 0. The molecule has 0 aliphatic heterocycles. The van der Waals surface area contributed by atoms with Gasteiger partial charge < -0.3 is 5.11 Å². The van der Waals surface area contributed by atoms with E-state index in [4.69, 9.17) is 5.11 Å². The van der Waals surface area contributed by atoms with Gasteiger partial charge in [-0.3, -0.25) is 0 Å². The van der Waals surface area contributed by atoms with Gasteiger partial charge in [0.2, 0.25) is 0 Å². The van der Waals surface area contributed by atoms with E-state index in [-0.39, 0.29) is 0 Å². The van der Waals surface area contributed by atoms with Crippen molar-refractivity contribution < 1.29 is 5.11 Å². The molecule has 0 aliphatic carbocycles. The lowest BCUT2D eigenvalue weighted by Gasteiger charge is -2.16. The molecule has 0 heterocycles. The van der Waals surface area contributed by atoms with Gasteiger partial charge in [-0.1, -0.05) is 104 Å². The van der Waals surface area contributed by atoms with E-state index in [0.717, 1.165) is 18.3 Å². The van der Waals surface area contributed by atoms with Crippen LogP contribution in [0, 0.1) is 11.8 Å². The van der Waals surface area contributed by atoms with Crippen LogP contribution in [-0.2, 0) is 0 Å². The minimum absolute atomic E-state index is 0.372. The second kappa shape index (κ2) is 17.3. The smallest absolute Gasteiger partial charge is 0.0431 e. The van der Waals surface area contributed by atoms with Gasteiger partial charge in [0.05, 0.1) is 0 Å². The molecular weight excluding hydrogens is 268 g/mol. The van der Waals surface area contributed by atoms with E-state index < -0.39 is 0 Å². The Labute approximate surface area is 141 Å². The predicted molar refractivity (Wildman–Crippen MR) is 100 cm³/mol. The molecular formula is C21H44O. The summed E-state index contributed by atoms with van der Waals surface area (Å²) in [4.78, 5) is 0. The van der Waals surface area contributed by atoms with Crippen molar-refractivity contribution in [1.29, 1.82) is 0 Å². The number of rotatable bonds is 17. The van der Waals surface area contributed by atoms with Gasteiger partial charge in [-0.2, -0.15) is 0 Å². The largest absolute Gasteiger partial charge is 0.396 e. The number of unbranched alkanes of at least 4 members (excludes halogenated alkanes) is 11. The summed E-state index contributed by atoms with van der Waals surface area (Å²) in [5, 5.41) is 8.71. The third kappa shape index (κ3) is 16.3. The Balaban J connectivity index is 3.16. The van der Waals surface area contributed by atoms with Crippen molar-refractivity contribution >= 4 is 0 Å².